The van der Waals surface area contributed by atoms with Crippen molar-refractivity contribution in [3.63, 3.8) is 0 Å². The van der Waals surface area contributed by atoms with Crippen LogP contribution < -0.4 is 9.46 Å². The second kappa shape index (κ2) is 6.21. The zero-order valence-electron chi connectivity index (χ0n) is 10.7. The van der Waals surface area contributed by atoms with E-state index in [4.69, 9.17) is 16.3 Å². The zero-order chi connectivity index (χ0) is 15.6. The molecule has 0 amide bonds. The molecule has 0 spiro atoms. The highest BCUT2D eigenvalue weighted by Gasteiger charge is 2.17. The van der Waals surface area contributed by atoms with Crippen molar-refractivity contribution in [3.05, 3.63) is 51.7 Å². The molecule has 0 aliphatic carbocycles. The van der Waals surface area contributed by atoms with Gasteiger partial charge in [-0.1, -0.05) is 11.6 Å². The van der Waals surface area contributed by atoms with Crippen molar-refractivity contribution in [1.29, 1.82) is 0 Å². The van der Waals surface area contributed by atoms with Gasteiger partial charge < -0.3 is 4.74 Å². The van der Waals surface area contributed by atoms with Crippen LogP contribution in [-0.4, -0.2) is 15.5 Å². The van der Waals surface area contributed by atoms with E-state index in [-0.39, 0.29) is 10.6 Å². The van der Waals surface area contributed by atoms with Gasteiger partial charge in [-0.25, -0.2) is 12.8 Å². The molecule has 0 aromatic heterocycles. The first-order chi connectivity index (χ1) is 9.83. The van der Waals surface area contributed by atoms with Crippen LogP contribution in [0.5, 0.6) is 5.75 Å². The SMILES string of the molecule is COc1cc(S(=O)(=O)Nc2ccc(Br)c(Cl)c2)ccc1F. The predicted molar refractivity (Wildman–Crippen MR) is 82.9 cm³/mol. The molecule has 0 radical (unpaired) electrons. The Bertz CT molecular complexity index is 783. The molecule has 1 N–H and O–H groups in total. The second-order valence-corrected chi connectivity index (χ2v) is 6.97. The number of nitrogens with one attached hydrogen (secondary N) is 1. The van der Waals surface area contributed by atoms with Crippen molar-refractivity contribution in [1.82, 2.24) is 0 Å². The minimum Gasteiger partial charge on any atom is -0.494 e. The standard InChI is InChI=1S/C13H10BrClFNO3S/c1-20-13-7-9(3-5-12(13)16)21(18,19)17-8-2-4-10(14)11(15)6-8/h2-7,17H,1H3. The van der Waals surface area contributed by atoms with E-state index in [2.05, 4.69) is 20.7 Å². The van der Waals surface area contributed by atoms with E-state index in [1.807, 2.05) is 0 Å². The first-order valence-corrected chi connectivity index (χ1v) is 8.30. The van der Waals surface area contributed by atoms with Crippen molar-refractivity contribution in [2.75, 3.05) is 11.8 Å². The summed E-state index contributed by atoms with van der Waals surface area (Å²) in [5.41, 5.74) is 0.298. The summed E-state index contributed by atoms with van der Waals surface area (Å²) < 4.78 is 45.6. The average Bonchev–Trinajstić information content (AvgIpc) is 2.43. The first-order valence-electron chi connectivity index (χ1n) is 5.65. The third-order valence-corrected chi connectivity index (χ3v) is 5.22. The van der Waals surface area contributed by atoms with E-state index in [1.54, 1.807) is 12.1 Å². The summed E-state index contributed by atoms with van der Waals surface area (Å²) in [4.78, 5) is -0.111. The largest absolute Gasteiger partial charge is 0.494 e. The predicted octanol–water partition coefficient (Wildman–Crippen LogP) is 4.05. The third kappa shape index (κ3) is 3.66. The fraction of sp³-hybridized carbons (Fsp3) is 0.0769. The maximum absolute atomic E-state index is 13.3. The Hall–Kier alpha value is -1.31. The van der Waals surface area contributed by atoms with Gasteiger partial charge in [-0.2, -0.15) is 0 Å². The Morgan fingerprint density at radius 3 is 2.57 bits per heavy atom. The molecule has 0 aliphatic heterocycles. The quantitative estimate of drug-likeness (QED) is 0.851. The van der Waals surface area contributed by atoms with Gasteiger partial charge in [0.1, 0.15) is 0 Å². The van der Waals surface area contributed by atoms with Gasteiger partial charge in [-0.15, -0.1) is 0 Å². The summed E-state index contributed by atoms with van der Waals surface area (Å²) in [5, 5.41) is 0.367. The summed E-state index contributed by atoms with van der Waals surface area (Å²) in [6, 6.07) is 7.92. The van der Waals surface area contributed by atoms with Crippen molar-refractivity contribution < 1.29 is 17.5 Å². The number of benzene rings is 2. The molecule has 0 aliphatic rings. The topological polar surface area (TPSA) is 55.4 Å². The van der Waals surface area contributed by atoms with Gasteiger partial charge in [-0.05, 0) is 46.3 Å². The molecular weight excluding hydrogens is 385 g/mol. The maximum Gasteiger partial charge on any atom is 0.262 e. The number of hydrogen-bond acceptors (Lipinski definition) is 3. The molecule has 0 heterocycles. The lowest BCUT2D eigenvalue weighted by Crippen LogP contribution is -2.13. The van der Waals surface area contributed by atoms with Gasteiger partial charge in [-0.3, -0.25) is 4.72 Å². The normalized spacial score (nSPS) is 11.2. The van der Waals surface area contributed by atoms with Crippen LogP contribution in [0.25, 0.3) is 0 Å². The van der Waals surface area contributed by atoms with Gasteiger partial charge in [0.05, 0.1) is 22.7 Å². The lowest BCUT2D eigenvalue weighted by Gasteiger charge is -2.10. The van der Waals surface area contributed by atoms with E-state index in [0.29, 0.717) is 15.2 Å². The number of rotatable bonds is 4. The first kappa shape index (κ1) is 16.1. The van der Waals surface area contributed by atoms with E-state index in [0.717, 1.165) is 18.2 Å². The van der Waals surface area contributed by atoms with Crippen LogP contribution in [0, 0.1) is 5.82 Å². The van der Waals surface area contributed by atoms with Crippen molar-refractivity contribution >= 4 is 43.2 Å². The van der Waals surface area contributed by atoms with Gasteiger partial charge in [0.2, 0.25) is 0 Å². The van der Waals surface area contributed by atoms with Gasteiger partial charge in [0, 0.05) is 10.5 Å². The van der Waals surface area contributed by atoms with Gasteiger partial charge >= 0.3 is 0 Å². The average molecular weight is 395 g/mol. The molecule has 21 heavy (non-hydrogen) atoms. The number of methoxy groups -OCH3 is 1. The fourth-order valence-electron chi connectivity index (χ4n) is 1.58. The number of sulfonamides is 1. The number of ether oxygens (including phenoxy) is 1. The molecule has 2 rings (SSSR count). The highest BCUT2D eigenvalue weighted by molar-refractivity contribution is 9.10. The highest BCUT2D eigenvalue weighted by atomic mass is 79.9. The third-order valence-electron chi connectivity index (χ3n) is 2.60. The highest BCUT2D eigenvalue weighted by Crippen LogP contribution is 2.28. The summed E-state index contributed by atoms with van der Waals surface area (Å²) in [6.45, 7) is 0. The number of hydrogen-bond donors (Lipinski definition) is 1. The van der Waals surface area contributed by atoms with Crippen LogP contribution in [0.2, 0.25) is 5.02 Å². The molecule has 4 nitrogen and oxygen atoms in total. The number of anilines is 1. The molecule has 2 aromatic carbocycles. The molecule has 0 saturated carbocycles. The summed E-state index contributed by atoms with van der Waals surface area (Å²) in [5.74, 6) is -0.783. The van der Waals surface area contributed by atoms with Crippen molar-refractivity contribution in [3.8, 4) is 5.75 Å². The van der Waals surface area contributed by atoms with Crippen molar-refractivity contribution in [2.45, 2.75) is 4.90 Å². The summed E-state index contributed by atoms with van der Waals surface area (Å²) in [7, 11) is -2.60. The minimum absolute atomic E-state index is 0.111. The molecule has 2 aromatic rings. The molecular formula is C13H10BrClFNO3S. The van der Waals surface area contributed by atoms with Crippen LogP contribution in [0.1, 0.15) is 0 Å². The van der Waals surface area contributed by atoms with E-state index < -0.39 is 15.8 Å². The van der Waals surface area contributed by atoms with E-state index in [1.165, 1.54) is 13.2 Å². The van der Waals surface area contributed by atoms with Crippen molar-refractivity contribution in [2.24, 2.45) is 0 Å². The van der Waals surface area contributed by atoms with E-state index >= 15 is 0 Å². The molecule has 0 atom stereocenters. The van der Waals surface area contributed by atoms with Gasteiger partial charge in [0.15, 0.2) is 11.6 Å². The second-order valence-electron chi connectivity index (χ2n) is 4.03. The molecule has 0 saturated heterocycles. The molecule has 112 valence electrons. The lowest BCUT2D eigenvalue weighted by molar-refractivity contribution is 0.385. The summed E-state index contributed by atoms with van der Waals surface area (Å²) in [6.07, 6.45) is 0. The Labute approximate surface area is 135 Å². The molecule has 8 heteroatoms. The zero-order valence-corrected chi connectivity index (χ0v) is 13.9. The van der Waals surface area contributed by atoms with Crippen LogP contribution in [0.3, 0.4) is 0 Å². The number of halogens is 3. The lowest BCUT2D eigenvalue weighted by atomic mass is 10.3. The van der Waals surface area contributed by atoms with Crippen LogP contribution in [0.4, 0.5) is 10.1 Å². The molecule has 0 bridgehead atoms. The Morgan fingerprint density at radius 1 is 1.24 bits per heavy atom. The van der Waals surface area contributed by atoms with Gasteiger partial charge in [0.25, 0.3) is 10.0 Å². The van der Waals surface area contributed by atoms with Crippen LogP contribution in [-0.2, 0) is 10.0 Å². The van der Waals surface area contributed by atoms with E-state index in [9.17, 15) is 12.8 Å². The van der Waals surface area contributed by atoms with Crippen LogP contribution in [0.15, 0.2) is 45.8 Å². The summed E-state index contributed by atoms with van der Waals surface area (Å²) >= 11 is 9.12. The molecule has 0 fully saturated rings. The Morgan fingerprint density at radius 2 is 1.95 bits per heavy atom. The smallest absolute Gasteiger partial charge is 0.262 e. The Kier molecular flexibility index (Phi) is 4.75. The fourth-order valence-corrected chi connectivity index (χ4v) is 3.07. The Balaban J connectivity index is 2.35. The maximum atomic E-state index is 13.3. The molecule has 0 unspecified atom stereocenters. The van der Waals surface area contributed by atoms with Crippen LogP contribution >= 0.6 is 27.5 Å². The minimum atomic E-state index is -3.86. The monoisotopic (exact) mass is 393 g/mol.